The summed E-state index contributed by atoms with van der Waals surface area (Å²) in [6, 6.07) is 21.7. The van der Waals surface area contributed by atoms with Gasteiger partial charge >= 0.3 is 5.97 Å². The zero-order valence-electron chi connectivity index (χ0n) is 16.1. The Morgan fingerprint density at radius 2 is 1.31 bits per heavy atom. The van der Waals surface area contributed by atoms with Gasteiger partial charge in [-0.1, -0.05) is 43.0 Å². The van der Waals surface area contributed by atoms with Gasteiger partial charge in [-0.2, -0.15) is 0 Å². The molecule has 5 heteroatoms. The fourth-order valence-corrected chi connectivity index (χ4v) is 2.92. The zero-order valence-corrected chi connectivity index (χ0v) is 16.1. The Hall–Kier alpha value is -3.73. The summed E-state index contributed by atoms with van der Waals surface area (Å²) in [7, 11) is 0. The molecule has 3 rings (SSSR count). The smallest absolute Gasteiger partial charge is 0.330 e. The van der Waals surface area contributed by atoms with E-state index in [1.807, 2.05) is 36.4 Å². The number of carbonyl (C=O) groups is 1. The molecule has 5 nitrogen and oxygen atoms in total. The second-order valence-electron chi connectivity index (χ2n) is 6.56. The fraction of sp³-hybridized carbons (Fsp3) is 0.125. The van der Waals surface area contributed by atoms with E-state index in [9.17, 15) is 4.79 Å². The molecule has 0 aliphatic heterocycles. The highest BCUT2D eigenvalue weighted by molar-refractivity contribution is 5.81. The van der Waals surface area contributed by atoms with Crippen LogP contribution in [0.15, 0.2) is 79.4 Å². The Morgan fingerprint density at radius 3 is 1.86 bits per heavy atom. The third-order valence-corrected chi connectivity index (χ3v) is 4.35. The largest absolute Gasteiger partial charge is 0.493 e. The van der Waals surface area contributed by atoms with Crippen LogP contribution in [0.5, 0.6) is 5.75 Å². The monoisotopic (exact) mass is 388 g/mol. The zero-order chi connectivity index (χ0) is 20.6. The van der Waals surface area contributed by atoms with Gasteiger partial charge in [0.05, 0.1) is 13.2 Å². The van der Waals surface area contributed by atoms with E-state index in [-0.39, 0.29) is 0 Å². The number of nitrogen functional groups attached to an aromatic ring is 2. The molecule has 0 aliphatic carbocycles. The topological polar surface area (TPSA) is 87.6 Å². The summed E-state index contributed by atoms with van der Waals surface area (Å²) in [5, 5.41) is 0. The molecular weight excluding hydrogens is 364 g/mol. The van der Waals surface area contributed by atoms with Crippen molar-refractivity contribution in [2.24, 2.45) is 0 Å². The van der Waals surface area contributed by atoms with Gasteiger partial charge in [0.1, 0.15) is 5.75 Å². The van der Waals surface area contributed by atoms with Crippen molar-refractivity contribution in [1.82, 2.24) is 0 Å². The normalized spacial score (nSPS) is 10.3. The van der Waals surface area contributed by atoms with Gasteiger partial charge in [0.2, 0.25) is 0 Å². The molecule has 0 unspecified atom stereocenters. The average Bonchev–Trinajstić information content (AvgIpc) is 2.73. The highest BCUT2D eigenvalue weighted by Crippen LogP contribution is 2.28. The molecule has 0 bridgehead atoms. The van der Waals surface area contributed by atoms with Crippen LogP contribution in [-0.4, -0.2) is 19.2 Å². The van der Waals surface area contributed by atoms with Crippen LogP contribution in [0, 0.1) is 0 Å². The molecule has 0 atom stereocenters. The Bertz CT molecular complexity index is 960. The number of carbonyl (C=O) groups excluding carboxylic acids is 1. The minimum Gasteiger partial charge on any atom is -0.493 e. The molecule has 0 saturated heterocycles. The predicted molar refractivity (Wildman–Crippen MR) is 117 cm³/mol. The highest BCUT2D eigenvalue weighted by atomic mass is 16.5. The van der Waals surface area contributed by atoms with Crippen LogP contribution in [0.1, 0.15) is 6.42 Å². The molecule has 0 heterocycles. The highest BCUT2D eigenvalue weighted by Gasteiger charge is 2.03. The van der Waals surface area contributed by atoms with Crippen molar-refractivity contribution >= 4 is 17.3 Å². The van der Waals surface area contributed by atoms with E-state index < -0.39 is 5.97 Å². The molecule has 4 N–H and O–H groups in total. The quantitative estimate of drug-likeness (QED) is 0.253. The SMILES string of the molecule is C=CC(=O)OCCCOc1ccc(-c2ccc(-c3cc(N)cc(N)c3)cc2)cc1. The fourth-order valence-electron chi connectivity index (χ4n) is 2.92. The Balaban J connectivity index is 1.58. The van der Waals surface area contributed by atoms with Gasteiger partial charge in [0, 0.05) is 23.9 Å². The van der Waals surface area contributed by atoms with E-state index in [0.717, 1.165) is 34.1 Å². The van der Waals surface area contributed by atoms with Crippen molar-refractivity contribution in [3.8, 4) is 28.0 Å². The number of hydrogen-bond donors (Lipinski definition) is 2. The van der Waals surface area contributed by atoms with Crippen molar-refractivity contribution in [2.45, 2.75) is 6.42 Å². The lowest BCUT2D eigenvalue weighted by molar-refractivity contribution is -0.137. The van der Waals surface area contributed by atoms with Crippen LogP contribution in [0.4, 0.5) is 11.4 Å². The van der Waals surface area contributed by atoms with Crippen molar-refractivity contribution < 1.29 is 14.3 Å². The molecule has 0 aliphatic rings. The summed E-state index contributed by atoms with van der Waals surface area (Å²) in [5.74, 6) is 0.357. The lowest BCUT2D eigenvalue weighted by atomic mass is 9.99. The van der Waals surface area contributed by atoms with Gasteiger partial charge in [-0.05, 0) is 52.6 Å². The first-order valence-corrected chi connectivity index (χ1v) is 9.34. The molecule has 0 aromatic heterocycles. The maximum absolute atomic E-state index is 11.0. The summed E-state index contributed by atoms with van der Waals surface area (Å²) >= 11 is 0. The molecule has 0 radical (unpaired) electrons. The van der Waals surface area contributed by atoms with Crippen LogP contribution in [0.3, 0.4) is 0 Å². The average molecular weight is 388 g/mol. The number of rotatable bonds is 8. The molecular formula is C24H24N2O3. The van der Waals surface area contributed by atoms with Gasteiger partial charge < -0.3 is 20.9 Å². The first-order chi connectivity index (χ1) is 14.0. The standard InChI is InChI=1S/C24H24N2O3/c1-2-24(27)29-13-3-12-28-23-10-8-18(9-11-23)17-4-6-19(7-5-17)20-14-21(25)16-22(26)15-20/h2,4-11,14-16H,1,3,12-13,25-26H2. The first kappa shape index (κ1) is 20.0. The molecule has 0 amide bonds. The first-order valence-electron chi connectivity index (χ1n) is 9.34. The summed E-state index contributed by atoms with van der Waals surface area (Å²) in [6.07, 6.45) is 1.77. The predicted octanol–water partition coefficient (Wildman–Crippen LogP) is 4.68. The number of benzene rings is 3. The minimum atomic E-state index is -0.417. The second kappa shape index (κ2) is 9.46. The van der Waals surface area contributed by atoms with Crippen molar-refractivity contribution in [2.75, 3.05) is 24.7 Å². The summed E-state index contributed by atoms with van der Waals surface area (Å²) in [5.41, 5.74) is 17.3. The number of nitrogens with two attached hydrogens (primary N) is 2. The maximum atomic E-state index is 11.0. The molecule has 29 heavy (non-hydrogen) atoms. The van der Waals surface area contributed by atoms with Crippen molar-refractivity contribution in [1.29, 1.82) is 0 Å². The van der Waals surface area contributed by atoms with E-state index in [1.165, 1.54) is 0 Å². The van der Waals surface area contributed by atoms with Crippen LogP contribution < -0.4 is 16.2 Å². The van der Waals surface area contributed by atoms with Gasteiger partial charge in [-0.3, -0.25) is 0 Å². The summed E-state index contributed by atoms with van der Waals surface area (Å²) in [6.45, 7) is 4.14. The van der Waals surface area contributed by atoms with Crippen LogP contribution in [-0.2, 0) is 9.53 Å². The van der Waals surface area contributed by atoms with Crippen LogP contribution >= 0.6 is 0 Å². The lowest BCUT2D eigenvalue weighted by Crippen LogP contribution is -2.06. The Kier molecular flexibility index (Phi) is 6.53. The van der Waals surface area contributed by atoms with Crippen molar-refractivity contribution in [3.63, 3.8) is 0 Å². The number of anilines is 2. The molecule has 0 fully saturated rings. The molecule has 0 saturated carbocycles. The van der Waals surface area contributed by atoms with Gasteiger partial charge in [0.15, 0.2) is 0 Å². The third-order valence-electron chi connectivity index (χ3n) is 4.35. The Morgan fingerprint density at radius 1 is 0.793 bits per heavy atom. The number of esters is 1. The van der Waals surface area contributed by atoms with E-state index in [0.29, 0.717) is 31.0 Å². The molecule has 3 aromatic rings. The number of hydrogen-bond acceptors (Lipinski definition) is 5. The molecule has 0 spiro atoms. The third kappa shape index (κ3) is 5.62. The molecule has 148 valence electrons. The van der Waals surface area contributed by atoms with E-state index in [4.69, 9.17) is 20.9 Å². The van der Waals surface area contributed by atoms with Gasteiger partial charge in [-0.25, -0.2) is 4.79 Å². The Labute approximate surface area is 170 Å². The molecule has 3 aromatic carbocycles. The number of ether oxygens (including phenoxy) is 2. The second-order valence-corrected chi connectivity index (χ2v) is 6.56. The lowest BCUT2D eigenvalue weighted by Gasteiger charge is -2.09. The van der Waals surface area contributed by atoms with Crippen LogP contribution in [0.25, 0.3) is 22.3 Å². The maximum Gasteiger partial charge on any atom is 0.330 e. The summed E-state index contributed by atoms with van der Waals surface area (Å²) in [4.78, 5) is 11.0. The van der Waals surface area contributed by atoms with Crippen LogP contribution in [0.2, 0.25) is 0 Å². The van der Waals surface area contributed by atoms with Crippen molar-refractivity contribution in [3.05, 3.63) is 79.4 Å². The van der Waals surface area contributed by atoms with E-state index in [2.05, 4.69) is 30.8 Å². The van der Waals surface area contributed by atoms with E-state index in [1.54, 1.807) is 6.07 Å². The summed E-state index contributed by atoms with van der Waals surface area (Å²) < 4.78 is 10.6. The van der Waals surface area contributed by atoms with Gasteiger partial charge in [-0.15, -0.1) is 0 Å². The van der Waals surface area contributed by atoms with Gasteiger partial charge in [0.25, 0.3) is 0 Å². The van der Waals surface area contributed by atoms with E-state index >= 15 is 0 Å². The minimum absolute atomic E-state index is 0.313.